The number of thiazole rings is 1. The zero-order valence-corrected chi connectivity index (χ0v) is 18.3. The van der Waals surface area contributed by atoms with Crippen LogP contribution in [0.2, 0.25) is 0 Å². The molecule has 0 aliphatic carbocycles. The Kier molecular flexibility index (Phi) is 5.66. The number of aromatic nitrogens is 1. The third-order valence-corrected chi connectivity index (χ3v) is 6.08. The van der Waals surface area contributed by atoms with Crippen molar-refractivity contribution >= 4 is 44.1 Å². The molecule has 0 bridgehead atoms. The Hall–Kier alpha value is -4.29. The Bertz CT molecular complexity index is 1440. The molecule has 0 radical (unpaired) electrons. The topological polar surface area (TPSA) is 71.1 Å². The van der Waals surface area contributed by atoms with Gasteiger partial charge in [0.2, 0.25) is 0 Å². The van der Waals surface area contributed by atoms with Crippen LogP contribution in [0, 0.1) is 0 Å². The Balaban J connectivity index is 1.48. The smallest absolute Gasteiger partial charge is 0.258 e. The second-order valence-corrected chi connectivity index (χ2v) is 8.36. The van der Waals surface area contributed by atoms with Gasteiger partial charge in [0, 0.05) is 16.7 Å². The Morgan fingerprint density at radius 2 is 1.33 bits per heavy atom. The summed E-state index contributed by atoms with van der Waals surface area (Å²) in [6.45, 7) is 0. The summed E-state index contributed by atoms with van der Waals surface area (Å²) in [5.41, 5.74) is 2.58. The highest BCUT2D eigenvalue weighted by atomic mass is 32.1. The van der Waals surface area contributed by atoms with E-state index in [0.717, 1.165) is 16.3 Å². The zero-order chi connectivity index (χ0) is 22.6. The van der Waals surface area contributed by atoms with Crippen LogP contribution in [0.3, 0.4) is 0 Å². The van der Waals surface area contributed by atoms with Crippen molar-refractivity contribution in [1.29, 1.82) is 0 Å². The number of anilines is 2. The minimum Gasteiger partial charge on any atom is -0.312 e. The average Bonchev–Trinajstić information content (AvgIpc) is 3.26. The predicted molar refractivity (Wildman–Crippen MR) is 134 cm³/mol. The quantitative estimate of drug-likeness (QED) is 0.323. The molecule has 1 aromatic heterocycles. The number of carbonyl (C=O) groups is 2. The minimum atomic E-state index is -0.249. The number of rotatable bonds is 5. The number of amides is 2. The largest absolute Gasteiger partial charge is 0.312 e. The fourth-order valence-electron chi connectivity index (χ4n) is 3.60. The van der Waals surface area contributed by atoms with Gasteiger partial charge >= 0.3 is 0 Å². The van der Waals surface area contributed by atoms with E-state index in [-0.39, 0.29) is 11.8 Å². The van der Waals surface area contributed by atoms with Crippen LogP contribution >= 0.6 is 11.3 Å². The van der Waals surface area contributed by atoms with E-state index in [9.17, 15) is 9.59 Å². The third kappa shape index (κ3) is 4.37. The van der Waals surface area contributed by atoms with Crippen molar-refractivity contribution in [2.45, 2.75) is 0 Å². The summed E-state index contributed by atoms with van der Waals surface area (Å²) in [7, 11) is 0. The summed E-state index contributed by atoms with van der Waals surface area (Å²) in [5.74, 6) is -0.482. The molecule has 0 aliphatic rings. The molecule has 5 nitrogen and oxygen atoms in total. The molecule has 0 spiro atoms. The highest BCUT2D eigenvalue weighted by Crippen LogP contribution is 2.36. The first kappa shape index (κ1) is 20.6. The van der Waals surface area contributed by atoms with Gasteiger partial charge in [-0.3, -0.25) is 14.9 Å². The minimum absolute atomic E-state index is 0.233. The normalized spacial score (nSPS) is 10.7. The number of fused-ring (bicyclic) bond motifs is 1. The van der Waals surface area contributed by atoms with Gasteiger partial charge < -0.3 is 5.32 Å². The predicted octanol–water partition coefficient (Wildman–Crippen LogP) is 6.47. The highest BCUT2D eigenvalue weighted by molar-refractivity contribution is 7.20. The van der Waals surface area contributed by atoms with Crippen molar-refractivity contribution in [2.24, 2.45) is 0 Å². The molecule has 4 aromatic carbocycles. The second-order valence-electron chi connectivity index (χ2n) is 7.36. The number of hydrogen-bond donors (Lipinski definition) is 2. The van der Waals surface area contributed by atoms with E-state index in [1.165, 1.54) is 11.3 Å². The molecule has 0 aliphatic heterocycles. The summed E-state index contributed by atoms with van der Waals surface area (Å²) in [5, 5.41) is 8.71. The maximum absolute atomic E-state index is 13.1. The summed E-state index contributed by atoms with van der Waals surface area (Å²) >= 11 is 1.23. The van der Waals surface area contributed by atoms with E-state index >= 15 is 0 Å². The van der Waals surface area contributed by atoms with Crippen LogP contribution < -0.4 is 10.6 Å². The maximum Gasteiger partial charge on any atom is 0.258 e. The molecular weight excluding hydrogens is 430 g/mol. The molecule has 0 saturated carbocycles. The van der Waals surface area contributed by atoms with Gasteiger partial charge in [0.15, 0.2) is 5.13 Å². The zero-order valence-electron chi connectivity index (χ0n) is 17.5. The Morgan fingerprint density at radius 1 is 0.667 bits per heavy atom. The number of hydrogen-bond acceptors (Lipinski definition) is 4. The van der Waals surface area contributed by atoms with E-state index in [1.54, 1.807) is 18.2 Å². The molecule has 6 heteroatoms. The van der Waals surface area contributed by atoms with Gasteiger partial charge in [-0.25, -0.2) is 4.98 Å². The molecule has 0 fully saturated rings. The van der Waals surface area contributed by atoms with Crippen LogP contribution in [-0.4, -0.2) is 16.8 Å². The van der Waals surface area contributed by atoms with Gasteiger partial charge in [-0.15, -0.1) is 0 Å². The van der Waals surface area contributed by atoms with Crippen molar-refractivity contribution in [1.82, 2.24) is 4.98 Å². The first-order valence-electron chi connectivity index (χ1n) is 10.4. The van der Waals surface area contributed by atoms with Crippen LogP contribution in [0.5, 0.6) is 0 Å². The van der Waals surface area contributed by atoms with Crippen LogP contribution in [-0.2, 0) is 0 Å². The lowest BCUT2D eigenvalue weighted by Gasteiger charge is -2.06. The molecule has 160 valence electrons. The maximum atomic E-state index is 13.1. The van der Waals surface area contributed by atoms with Gasteiger partial charge in [0.05, 0.1) is 0 Å². The Morgan fingerprint density at radius 3 is 2.12 bits per heavy atom. The van der Waals surface area contributed by atoms with Crippen molar-refractivity contribution < 1.29 is 9.59 Å². The van der Waals surface area contributed by atoms with Gasteiger partial charge in [-0.2, -0.15) is 0 Å². The van der Waals surface area contributed by atoms with Crippen molar-refractivity contribution in [3.05, 3.63) is 114 Å². The molecule has 1 heterocycles. The highest BCUT2D eigenvalue weighted by Gasteiger charge is 2.19. The van der Waals surface area contributed by atoms with Gasteiger partial charge in [0.25, 0.3) is 11.8 Å². The number of nitrogens with one attached hydrogen (secondary N) is 2. The van der Waals surface area contributed by atoms with E-state index in [0.29, 0.717) is 27.0 Å². The van der Waals surface area contributed by atoms with E-state index < -0.39 is 0 Å². The molecule has 0 saturated heterocycles. The molecule has 2 N–H and O–H groups in total. The first-order valence-corrected chi connectivity index (χ1v) is 11.2. The van der Waals surface area contributed by atoms with Crippen molar-refractivity contribution in [3.8, 4) is 11.3 Å². The summed E-state index contributed by atoms with van der Waals surface area (Å²) < 4.78 is 0. The molecule has 0 unspecified atom stereocenters. The molecular formula is C27H19N3O2S. The van der Waals surface area contributed by atoms with Crippen LogP contribution in [0.4, 0.5) is 10.1 Å². The molecule has 5 aromatic rings. The van der Waals surface area contributed by atoms with Gasteiger partial charge in [0.1, 0.15) is 10.7 Å². The average molecular weight is 450 g/mol. The lowest BCUT2D eigenvalue weighted by Crippen LogP contribution is -2.12. The molecule has 2 amide bonds. The number of benzene rings is 4. The standard InChI is InChI=1S/C27H19N3O2S/c31-24(20-13-5-2-6-14-20)29-26-23(19-11-3-1-4-12-19)28-27(33-26)30-25(32)22-17-9-15-18-10-7-8-16-21(18)22/h1-17H,(H,29,31)(H,28,30,32). The molecule has 5 rings (SSSR count). The second kappa shape index (κ2) is 9.06. The van der Waals surface area contributed by atoms with Crippen molar-refractivity contribution in [3.63, 3.8) is 0 Å². The van der Waals surface area contributed by atoms with E-state index in [2.05, 4.69) is 15.6 Å². The summed E-state index contributed by atoms with van der Waals surface area (Å²) in [6, 6.07) is 31.9. The Labute approximate surface area is 194 Å². The lowest BCUT2D eigenvalue weighted by atomic mass is 10.0. The SMILES string of the molecule is O=C(Nc1sc(NC(=O)c2cccc3ccccc23)nc1-c1ccccc1)c1ccccc1. The lowest BCUT2D eigenvalue weighted by molar-refractivity contribution is 0.101. The summed E-state index contributed by atoms with van der Waals surface area (Å²) in [6.07, 6.45) is 0. The first-order chi connectivity index (χ1) is 16.2. The van der Waals surface area contributed by atoms with Crippen LogP contribution in [0.15, 0.2) is 103 Å². The monoisotopic (exact) mass is 449 g/mol. The molecule has 0 atom stereocenters. The number of carbonyl (C=O) groups excluding carboxylic acids is 2. The van der Waals surface area contributed by atoms with Crippen LogP contribution in [0.1, 0.15) is 20.7 Å². The van der Waals surface area contributed by atoms with Gasteiger partial charge in [-0.1, -0.05) is 96.3 Å². The third-order valence-electron chi connectivity index (χ3n) is 5.19. The fourth-order valence-corrected chi connectivity index (χ4v) is 4.48. The van der Waals surface area contributed by atoms with Gasteiger partial charge in [-0.05, 0) is 29.0 Å². The molecule has 33 heavy (non-hydrogen) atoms. The van der Waals surface area contributed by atoms with Crippen LogP contribution in [0.25, 0.3) is 22.0 Å². The van der Waals surface area contributed by atoms with E-state index in [4.69, 9.17) is 0 Å². The van der Waals surface area contributed by atoms with Crippen molar-refractivity contribution in [2.75, 3.05) is 10.6 Å². The summed E-state index contributed by atoms with van der Waals surface area (Å²) in [4.78, 5) is 30.5. The number of nitrogens with zero attached hydrogens (tertiary/aromatic N) is 1. The fraction of sp³-hybridized carbons (Fsp3) is 0. The van der Waals surface area contributed by atoms with E-state index in [1.807, 2.05) is 84.9 Å².